The molecule has 1 atom stereocenters. The largest absolute Gasteiger partial charge is 0.396 e. The lowest BCUT2D eigenvalue weighted by molar-refractivity contribution is -0.121. The van der Waals surface area contributed by atoms with Gasteiger partial charge in [-0.2, -0.15) is 0 Å². The maximum Gasteiger partial charge on any atom is 0.138 e. The van der Waals surface area contributed by atoms with Crippen LogP contribution in [0.25, 0.3) is 0 Å². The van der Waals surface area contributed by atoms with Gasteiger partial charge in [0.1, 0.15) is 5.78 Å². The van der Waals surface area contributed by atoms with Crippen molar-refractivity contribution in [2.24, 2.45) is 5.92 Å². The van der Waals surface area contributed by atoms with Gasteiger partial charge in [-0.3, -0.25) is 4.79 Å². The highest BCUT2D eigenvalue weighted by molar-refractivity contribution is 5.82. The molecule has 0 bridgehead atoms. The van der Waals surface area contributed by atoms with E-state index < -0.39 is 0 Å². The van der Waals surface area contributed by atoms with Crippen LogP contribution in [0.2, 0.25) is 0 Å². The zero-order chi connectivity index (χ0) is 5.98. The van der Waals surface area contributed by atoms with Gasteiger partial charge in [-0.25, -0.2) is 0 Å². The van der Waals surface area contributed by atoms with E-state index in [1.54, 1.807) is 0 Å². The predicted octanol–water partition coefficient (Wildman–Crippen LogP) is 0.348. The van der Waals surface area contributed by atoms with E-state index in [4.69, 9.17) is 5.11 Å². The maximum atomic E-state index is 10.6. The summed E-state index contributed by atoms with van der Waals surface area (Å²) in [5.41, 5.74) is 0. The fourth-order valence-electron chi connectivity index (χ4n) is 1.08. The van der Waals surface area contributed by atoms with E-state index in [0.29, 0.717) is 6.42 Å². The standard InChI is InChI=1S/C6H10O2/c7-4-5-2-1-3-6(5)8/h5,7H,1-4H2/t5-/m1/s1. The molecule has 2 heteroatoms. The lowest BCUT2D eigenvalue weighted by Crippen LogP contribution is -2.09. The van der Waals surface area contributed by atoms with Crippen LogP contribution < -0.4 is 0 Å². The fourth-order valence-corrected chi connectivity index (χ4v) is 1.08. The minimum Gasteiger partial charge on any atom is -0.396 e. The van der Waals surface area contributed by atoms with Gasteiger partial charge in [0.2, 0.25) is 0 Å². The Morgan fingerprint density at radius 1 is 1.75 bits per heavy atom. The van der Waals surface area contributed by atoms with Gasteiger partial charge in [-0.15, -0.1) is 0 Å². The summed E-state index contributed by atoms with van der Waals surface area (Å²) in [4.78, 5) is 10.6. The summed E-state index contributed by atoms with van der Waals surface area (Å²) >= 11 is 0. The molecule has 1 aliphatic rings. The lowest BCUT2D eigenvalue weighted by atomic mass is 10.1. The Balaban J connectivity index is 2.42. The molecule has 1 N–H and O–H groups in total. The Morgan fingerprint density at radius 2 is 2.50 bits per heavy atom. The molecule has 0 aromatic rings. The van der Waals surface area contributed by atoms with Crippen molar-refractivity contribution < 1.29 is 9.90 Å². The first-order valence-electron chi connectivity index (χ1n) is 2.98. The molecule has 1 saturated carbocycles. The maximum absolute atomic E-state index is 10.6. The van der Waals surface area contributed by atoms with E-state index in [2.05, 4.69) is 0 Å². The molecule has 1 fully saturated rings. The molecule has 8 heavy (non-hydrogen) atoms. The Bertz CT molecular complexity index is 98.7. The molecule has 1 aliphatic carbocycles. The van der Waals surface area contributed by atoms with E-state index in [0.717, 1.165) is 12.8 Å². The quantitative estimate of drug-likeness (QED) is 0.534. The van der Waals surface area contributed by atoms with Crippen LogP contribution in [0.15, 0.2) is 0 Å². The molecular formula is C6H10O2. The van der Waals surface area contributed by atoms with Gasteiger partial charge in [-0.05, 0) is 12.8 Å². The second-order valence-corrected chi connectivity index (χ2v) is 2.24. The first-order valence-corrected chi connectivity index (χ1v) is 2.98. The van der Waals surface area contributed by atoms with Gasteiger partial charge in [0.25, 0.3) is 0 Å². The third kappa shape index (κ3) is 0.892. The van der Waals surface area contributed by atoms with Crippen LogP contribution in [-0.4, -0.2) is 17.5 Å². The van der Waals surface area contributed by atoms with Crippen molar-refractivity contribution in [1.29, 1.82) is 0 Å². The van der Waals surface area contributed by atoms with Crippen molar-refractivity contribution in [3.8, 4) is 0 Å². The number of Topliss-reactive ketones (excluding diaryl/α,β-unsaturated/α-hetero) is 1. The average Bonchev–Trinajstić information content (AvgIpc) is 2.14. The van der Waals surface area contributed by atoms with Gasteiger partial charge >= 0.3 is 0 Å². The summed E-state index contributed by atoms with van der Waals surface area (Å²) in [7, 11) is 0. The molecule has 0 heterocycles. The molecule has 0 aromatic heterocycles. The number of rotatable bonds is 1. The van der Waals surface area contributed by atoms with Crippen molar-refractivity contribution in [1.82, 2.24) is 0 Å². The summed E-state index contributed by atoms with van der Waals surface area (Å²) in [5.74, 6) is 0.225. The number of aliphatic hydroxyl groups excluding tert-OH is 1. The van der Waals surface area contributed by atoms with E-state index in [1.807, 2.05) is 0 Å². The molecule has 0 spiro atoms. The number of aliphatic hydroxyl groups is 1. The van der Waals surface area contributed by atoms with E-state index in [-0.39, 0.29) is 18.3 Å². The first kappa shape index (κ1) is 5.76. The van der Waals surface area contributed by atoms with E-state index >= 15 is 0 Å². The van der Waals surface area contributed by atoms with Crippen LogP contribution in [0.3, 0.4) is 0 Å². The molecule has 2 nitrogen and oxygen atoms in total. The average molecular weight is 114 g/mol. The molecule has 46 valence electrons. The third-order valence-electron chi connectivity index (χ3n) is 1.65. The van der Waals surface area contributed by atoms with Crippen LogP contribution in [-0.2, 0) is 4.79 Å². The molecule has 1 rings (SSSR count). The summed E-state index contributed by atoms with van der Waals surface area (Å²) in [6.45, 7) is 0.0544. The van der Waals surface area contributed by atoms with Gasteiger partial charge in [0, 0.05) is 12.3 Å². The number of hydrogen-bond donors (Lipinski definition) is 1. The van der Waals surface area contributed by atoms with Crippen molar-refractivity contribution in [2.75, 3.05) is 6.61 Å². The van der Waals surface area contributed by atoms with E-state index in [9.17, 15) is 4.79 Å². The SMILES string of the molecule is O=C1CCC[C@@H]1CO. The molecule has 0 saturated heterocycles. The molecule has 0 radical (unpaired) electrons. The second-order valence-electron chi connectivity index (χ2n) is 2.24. The fraction of sp³-hybridized carbons (Fsp3) is 0.833. The first-order chi connectivity index (χ1) is 3.84. The lowest BCUT2D eigenvalue weighted by Gasteiger charge is -1.98. The number of carbonyl (C=O) groups excluding carboxylic acids is 1. The van der Waals surface area contributed by atoms with Gasteiger partial charge in [-0.1, -0.05) is 0 Å². The third-order valence-corrected chi connectivity index (χ3v) is 1.65. The molecule has 0 aliphatic heterocycles. The number of ketones is 1. The summed E-state index contributed by atoms with van der Waals surface area (Å²) < 4.78 is 0. The van der Waals surface area contributed by atoms with Crippen molar-refractivity contribution in [3.63, 3.8) is 0 Å². The van der Waals surface area contributed by atoms with Crippen molar-refractivity contribution in [3.05, 3.63) is 0 Å². The zero-order valence-corrected chi connectivity index (χ0v) is 4.76. The molecule has 0 aromatic carbocycles. The van der Waals surface area contributed by atoms with Crippen LogP contribution in [0.4, 0.5) is 0 Å². The summed E-state index contributed by atoms with van der Waals surface area (Å²) in [6, 6.07) is 0. The van der Waals surface area contributed by atoms with Crippen LogP contribution in [0.5, 0.6) is 0 Å². The second kappa shape index (κ2) is 2.27. The highest BCUT2D eigenvalue weighted by Crippen LogP contribution is 2.19. The molecular weight excluding hydrogens is 104 g/mol. The molecule has 0 unspecified atom stereocenters. The Hall–Kier alpha value is -0.370. The highest BCUT2D eigenvalue weighted by Gasteiger charge is 2.22. The minimum absolute atomic E-state index is 0.0185. The monoisotopic (exact) mass is 114 g/mol. The highest BCUT2D eigenvalue weighted by atomic mass is 16.3. The topological polar surface area (TPSA) is 37.3 Å². The van der Waals surface area contributed by atoms with Crippen molar-refractivity contribution >= 4 is 5.78 Å². The van der Waals surface area contributed by atoms with Gasteiger partial charge in [0.15, 0.2) is 0 Å². The van der Waals surface area contributed by atoms with Gasteiger partial charge in [0.05, 0.1) is 6.61 Å². The Morgan fingerprint density at radius 3 is 2.75 bits per heavy atom. The van der Waals surface area contributed by atoms with Crippen LogP contribution in [0, 0.1) is 5.92 Å². The normalized spacial score (nSPS) is 29.1. The minimum atomic E-state index is -0.0185. The smallest absolute Gasteiger partial charge is 0.138 e. The Kier molecular flexibility index (Phi) is 1.63. The summed E-state index contributed by atoms with van der Waals surface area (Å²) in [6.07, 6.45) is 2.56. The van der Waals surface area contributed by atoms with Gasteiger partial charge < -0.3 is 5.11 Å². The Labute approximate surface area is 48.5 Å². The van der Waals surface area contributed by atoms with Crippen LogP contribution in [0.1, 0.15) is 19.3 Å². The molecule has 0 amide bonds. The number of hydrogen-bond acceptors (Lipinski definition) is 2. The van der Waals surface area contributed by atoms with Crippen LogP contribution >= 0.6 is 0 Å². The predicted molar refractivity (Wildman–Crippen MR) is 29.4 cm³/mol. The number of carbonyl (C=O) groups is 1. The zero-order valence-electron chi connectivity index (χ0n) is 4.76. The van der Waals surface area contributed by atoms with E-state index in [1.165, 1.54) is 0 Å². The van der Waals surface area contributed by atoms with Crippen molar-refractivity contribution in [2.45, 2.75) is 19.3 Å². The summed E-state index contributed by atoms with van der Waals surface area (Å²) in [5, 5.41) is 8.52.